The van der Waals surface area contributed by atoms with Gasteiger partial charge in [0.2, 0.25) is 0 Å². The van der Waals surface area contributed by atoms with Gasteiger partial charge in [0, 0.05) is 168 Å². The van der Waals surface area contributed by atoms with Crippen LogP contribution in [0.1, 0.15) is 130 Å². The van der Waals surface area contributed by atoms with Gasteiger partial charge in [0.05, 0.1) is 109 Å². The fourth-order valence-corrected chi connectivity index (χ4v) is 13.9. The van der Waals surface area contributed by atoms with Gasteiger partial charge in [-0.15, -0.1) is 31.9 Å². The number of esters is 6. The summed E-state index contributed by atoms with van der Waals surface area (Å²) in [4.78, 5) is 77.9. The molecule has 701 valence electrons. The van der Waals surface area contributed by atoms with Crippen molar-refractivity contribution in [2.24, 2.45) is 0 Å². The van der Waals surface area contributed by atoms with Gasteiger partial charge >= 0.3 is 35.8 Å². The molecule has 6 aromatic carbocycles. The van der Waals surface area contributed by atoms with Gasteiger partial charge in [-0.2, -0.15) is 17.7 Å². The first kappa shape index (κ1) is 115. The van der Waals surface area contributed by atoms with Gasteiger partial charge < -0.3 is 107 Å². The van der Waals surface area contributed by atoms with E-state index in [0.29, 0.717) is 95.6 Å². The van der Waals surface area contributed by atoms with Crippen LogP contribution in [0.15, 0.2) is 201 Å². The van der Waals surface area contributed by atoms with Crippen LogP contribution in [0.2, 0.25) is 30.1 Å². The Hall–Kier alpha value is -5.67. The Bertz CT molecular complexity index is 4990. The number of hydrogen-bond acceptors (Lipinski definition) is 28. The molecule has 6 fully saturated rings. The third-order valence-corrected chi connectivity index (χ3v) is 21.5. The molecule has 6 aliphatic rings. The van der Waals surface area contributed by atoms with E-state index >= 15 is 0 Å². The van der Waals surface area contributed by atoms with Crippen molar-refractivity contribution in [2.75, 3.05) is 53.9 Å². The van der Waals surface area contributed by atoms with Crippen LogP contribution in [0.4, 0.5) is 0 Å². The molecular weight excluding hydrogens is 2090 g/mol. The number of rotatable bonds is 22. The number of aliphatic hydroxyl groups is 7. The number of nitrogens with zero attached hydrogens (tertiary/aromatic N) is 3. The first-order valence-corrected chi connectivity index (χ1v) is 43.0. The second-order valence-corrected chi connectivity index (χ2v) is 32.6. The third kappa shape index (κ3) is 37.9. The minimum Gasteiger partial charge on any atom is -0.459 e. The summed E-state index contributed by atoms with van der Waals surface area (Å²) in [5.74, 6) is -3.12. The van der Waals surface area contributed by atoms with E-state index in [4.69, 9.17) is 173 Å². The number of pyridine rings is 3. The zero-order valence-electron chi connectivity index (χ0n) is 71.9. The number of alkyl halides is 1. The van der Waals surface area contributed by atoms with Gasteiger partial charge in [-0.3, -0.25) is 0 Å². The number of benzene rings is 6. The van der Waals surface area contributed by atoms with E-state index in [1.807, 2.05) is 60.5 Å². The topological polar surface area (TPSA) is 394 Å². The second-order valence-electron chi connectivity index (χ2n) is 29.5. The molecular formula is C92H97Cl7N3O27Y3-. The zero-order chi connectivity index (χ0) is 93.2. The normalized spacial score (nSPS) is 23.9. The van der Waals surface area contributed by atoms with Crippen molar-refractivity contribution in [3.63, 3.8) is 0 Å². The van der Waals surface area contributed by atoms with E-state index < -0.39 is 133 Å². The number of aromatic nitrogens is 3. The van der Waals surface area contributed by atoms with Crippen LogP contribution in [-0.4, -0.2) is 228 Å². The predicted octanol–water partition coefficient (Wildman–Crippen LogP) is 12.1. The Morgan fingerprint density at radius 1 is 0.379 bits per heavy atom. The van der Waals surface area contributed by atoms with Crippen LogP contribution in [0.5, 0.6) is 0 Å². The van der Waals surface area contributed by atoms with Gasteiger partial charge in [-0.05, 0) is 146 Å². The van der Waals surface area contributed by atoms with E-state index in [1.165, 1.54) is 14.2 Å². The maximum atomic E-state index is 12.7. The van der Waals surface area contributed by atoms with Crippen molar-refractivity contribution in [3.8, 4) is 0 Å². The molecule has 9 heterocycles. The molecule has 0 amide bonds. The fourth-order valence-electron chi connectivity index (χ4n) is 12.9. The number of ether oxygens (including phenoxy) is 14. The predicted molar refractivity (Wildman–Crippen MR) is 467 cm³/mol. The molecule has 6 saturated heterocycles. The van der Waals surface area contributed by atoms with Gasteiger partial charge in [-0.1, -0.05) is 93.6 Å². The second kappa shape index (κ2) is 59.6. The number of halogens is 7. The summed E-state index contributed by atoms with van der Waals surface area (Å²) in [6, 6.07) is 52.7. The summed E-state index contributed by atoms with van der Waals surface area (Å²) in [6.45, 7) is 5.12. The molecule has 0 aliphatic carbocycles. The number of aryl methyl sites for hydroxylation is 3. The molecule has 3 radical (unpaired) electrons. The Kier molecular flexibility index (Phi) is 51.9. The molecule has 15 rings (SSSR count). The number of methoxy groups -OCH3 is 2. The summed E-state index contributed by atoms with van der Waals surface area (Å²) in [7, 11) is 3.00. The van der Waals surface area contributed by atoms with Crippen LogP contribution in [0.3, 0.4) is 0 Å². The molecule has 17 unspecified atom stereocenters. The Labute approximate surface area is 873 Å². The van der Waals surface area contributed by atoms with Gasteiger partial charge in [0.1, 0.15) is 80.3 Å². The van der Waals surface area contributed by atoms with Crippen molar-refractivity contribution < 1.29 is 238 Å². The van der Waals surface area contributed by atoms with Crippen molar-refractivity contribution in [1.29, 1.82) is 0 Å². The van der Waals surface area contributed by atoms with E-state index in [2.05, 4.69) is 27.9 Å². The van der Waals surface area contributed by atoms with E-state index in [9.17, 15) is 33.9 Å². The minimum absolute atomic E-state index is 0. The minimum atomic E-state index is -0.905. The van der Waals surface area contributed by atoms with Crippen LogP contribution in [0.25, 0.3) is 0 Å². The quantitative estimate of drug-likeness (QED) is 0.0109. The average molecular weight is 2190 g/mol. The standard InChI is InChI=1S/C25H21Cl2NO5.C20H18Cl2O6.C19H15Cl3O5.C11H15NO3.C6H6N.C6H12O4.C5H10O4.3Y/c1-16-3-2-12-28(14-16)23-13-21(33-25(30)18-6-10-20(27)11-7-18)22(32-23)15-31-24(29)17-4-8-19(26)9-5-17;1-25-18-10-16(28-20(24)13-4-8-15(22)9-5-13)17(27-18)11-26-19(23)12-2-6-14(21)7-3-12;20-13-5-1-11(2-6-13)18(23)25-10-16-15(9-17(22)26-16)27-19(24)12-3-7-14(21)8-4-12;1-8-3-2-4-12(6-8)11-5-9(14)10(7-13)15-11;1-6-3-2-4-7-5-6;1-9-6-2-4(8)5(3-7)10-6;6-2-4-3(7)1-5(8)9-4;;;/h3-12,14,21-23H,13,15H2,1H3;2-9,16-18H,10-11H2,1H3;1-8,15-17H,9-10H2;3-4,6,9-11,13-14H,5,7H2,1H3;3-5H,1H3;4-8H,2-3H2,1H3;3-8H,1-2H2;;;/q;;;;-1;;;;;/t;;15?,16?,17-;;;;;;;/m..0......./s1. The van der Waals surface area contributed by atoms with Crippen molar-refractivity contribution in [2.45, 2.75) is 169 Å². The summed E-state index contributed by atoms with van der Waals surface area (Å²) in [5.41, 5.74) is 4.79. The molecule has 0 spiro atoms. The van der Waals surface area contributed by atoms with Crippen molar-refractivity contribution >= 4 is 117 Å². The summed E-state index contributed by atoms with van der Waals surface area (Å²) >= 11 is 41.1. The maximum Gasteiger partial charge on any atom is 0.338 e. The Balaban J connectivity index is 0.000000250. The molecule has 18 atom stereocenters. The van der Waals surface area contributed by atoms with E-state index in [1.54, 1.807) is 170 Å². The van der Waals surface area contributed by atoms with E-state index in [-0.39, 0.29) is 157 Å². The number of carbonyl (C=O) groups is 6. The molecule has 6 aliphatic heterocycles. The first-order valence-electron chi connectivity index (χ1n) is 40.3. The number of carbonyl (C=O) groups excluding carboxylic acids is 6. The maximum absolute atomic E-state index is 12.7. The SMILES string of the molecule is COC1CC(O)C(CO)O1.COC1CC(OC(=O)c2ccc(Cl)cc2)C(COC(=O)c2ccc(Cl)cc2)O1.Cc1c[c-]c[n+](C2CC(O)C(CO)O2)c1.Cc1c[c-]c[n+](C2CC(OC(=O)c3ccc(Cl)cc3)C(COC(=O)c3ccc(Cl)cc3)O2)c1.Cc1c[c-]cnc1.O=C(OCC1O[C@H](Cl)CC1OC(=O)c1ccc(Cl)cc1)c1ccc(Cl)cc1.OCC1OC(O)CC1O.[Y].[Y].[Y]. The summed E-state index contributed by atoms with van der Waals surface area (Å²) in [6.07, 6.45) is 3.37. The Morgan fingerprint density at radius 3 is 0.992 bits per heavy atom. The molecule has 9 aromatic rings. The molecule has 132 heavy (non-hydrogen) atoms. The largest absolute Gasteiger partial charge is 0.459 e. The molecule has 30 nitrogen and oxygen atoms in total. The first-order chi connectivity index (χ1) is 61.9. The average Bonchev–Trinajstić information content (AvgIpc) is 1.68. The fraction of sp³-hybridized carbons (Fsp3) is 0.380. The number of hydrogen-bond donors (Lipinski definition) is 7. The smallest absolute Gasteiger partial charge is 0.338 e. The van der Waals surface area contributed by atoms with Crippen molar-refractivity contribution in [1.82, 2.24) is 4.98 Å². The summed E-state index contributed by atoms with van der Waals surface area (Å²) in [5, 5.41) is 65.5. The van der Waals surface area contributed by atoms with Crippen LogP contribution >= 0.6 is 81.2 Å². The van der Waals surface area contributed by atoms with Gasteiger partial charge in [0.25, 0.3) is 12.5 Å². The molecule has 0 saturated carbocycles. The van der Waals surface area contributed by atoms with Gasteiger partial charge in [0.15, 0.2) is 18.9 Å². The molecule has 3 aromatic heterocycles. The van der Waals surface area contributed by atoms with Gasteiger partial charge in [-0.25, -0.2) is 62.2 Å². The molecule has 0 bridgehead atoms. The van der Waals surface area contributed by atoms with Crippen LogP contribution in [0, 0.1) is 39.0 Å². The monoisotopic (exact) mass is 2190 g/mol. The van der Waals surface area contributed by atoms with Crippen LogP contribution < -0.4 is 9.13 Å². The molecule has 7 N–H and O–H groups in total. The zero-order valence-corrected chi connectivity index (χ0v) is 85.8. The Morgan fingerprint density at radius 2 is 0.682 bits per heavy atom. The van der Waals surface area contributed by atoms with E-state index in [0.717, 1.165) is 16.7 Å². The van der Waals surface area contributed by atoms with Crippen LogP contribution in [-0.2, 0) is 164 Å². The van der Waals surface area contributed by atoms with Crippen molar-refractivity contribution in [3.05, 3.63) is 299 Å². The third-order valence-electron chi connectivity index (χ3n) is 19.7. The summed E-state index contributed by atoms with van der Waals surface area (Å²) < 4.78 is 79.1. The number of aliphatic hydroxyl groups excluding tert-OH is 7. The molecule has 40 heteroatoms.